The lowest BCUT2D eigenvalue weighted by Crippen LogP contribution is -2.57. The van der Waals surface area contributed by atoms with Crippen LogP contribution in [0, 0.1) is 41.5 Å². The molecule has 0 spiro atoms. The van der Waals surface area contributed by atoms with Gasteiger partial charge in [-0.05, 0) is 88.1 Å². The minimum Gasteiger partial charge on any atom is -0.454 e. The molecule has 3 aromatic heterocycles. The van der Waals surface area contributed by atoms with Gasteiger partial charge in [-0.2, -0.15) is 0 Å². The van der Waals surface area contributed by atoms with Crippen LogP contribution in [-0.2, 0) is 0 Å². The summed E-state index contributed by atoms with van der Waals surface area (Å²) in [7, 11) is 0. The topological polar surface area (TPSA) is 18.1 Å². The van der Waals surface area contributed by atoms with Gasteiger partial charge in [0.15, 0.2) is 5.58 Å². The molecule has 3 heterocycles. The number of nitrogens with zero attached hydrogens (tertiary/aromatic N) is 1. The molecule has 232 valence electrons. The predicted molar refractivity (Wildman–Crippen MR) is 209 cm³/mol. The summed E-state index contributed by atoms with van der Waals surface area (Å²) in [5.74, 6) is 0. The zero-order valence-corrected chi connectivity index (χ0v) is 29.0. The molecule has 0 fully saturated rings. The van der Waals surface area contributed by atoms with Gasteiger partial charge in [-0.25, -0.2) is 0 Å². The SMILES string of the molecule is Cc1cc(C)c(B(c2c(C)cc(C)cc2C)c2c(-n3c4ccccc4c4ccc5c6ccccc6oc5c43)ccc3ccsc23)c(C)c1. The van der Waals surface area contributed by atoms with E-state index in [9.17, 15) is 0 Å². The summed E-state index contributed by atoms with van der Waals surface area (Å²) in [6.45, 7) is 13.6. The maximum atomic E-state index is 6.78. The molecule has 4 heteroatoms. The Balaban J connectivity index is 1.50. The van der Waals surface area contributed by atoms with E-state index in [1.54, 1.807) is 0 Å². The van der Waals surface area contributed by atoms with Crippen molar-refractivity contribution in [2.45, 2.75) is 41.5 Å². The van der Waals surface area contributed by atoms with Gasteiger partial charge in [0.1, 0.15) is 5.58 Å². The Hall–Kier alpha value is -5.06. The fourth-order valence-electron chi connectivity index (χ4n) is 8.73. The molecular weight excluding hydrogens is 601 g/mol. The van der Waals surface area contributed by atoms with Crippen molar-refractivity contribution in [2.75, 3.05) is 0 Å². The molecule has 0 amide bonds. The second-order valence-electron chi connectivity index (χ2n) is 13.7. The maximum Gasteiger partial charge on any atom is 0.247 e. The molecule has 0 radical (unpaired) electrons. The van der Waals surface area contributed by atoms with E-state index in [4.69, 9.17) is 4.42 Å². The van der Waals surface area contributed by atoms with Crippen LogP contribution in [0.25, 0.3) is 59.5 Å². The van der Waals surface area contributed by atoms with Gasteiger partial charge in [0, 0.05) is 31.9 Å². The summed E-state index contributed by atoms with van der Waals surface area (Å²) in [5, 5.41) is 8.26. The summed E-state index contributed by atoms with van der Waals surface area (Å²) >= 11 is 1.85. The molecule has 0 saturated heterocycles. The summed E-state index contributed by atoms with van der Waals surface area (Å²) < 4.78 is 10.6. The fraction of sp³-hybridized carbons (Fsp3) is 0.136. The number of para-hydroxylation sites is 2. The van der Waals surface area contributed by atoms with Gasteiger partial charge in [-0.3, -0.25) is 0 Å². The molecular formula is C44H36BNOS. The Labute approximate surface area is 285 Å². The van der Waals surface area contributed by atoms with Gasteiger partial charge in [0.05, 0.1) is 11.0 Å². The predicted octanol–water partition coefficient (Wildman–Crippen LogP) is 10.3. The smallest absolute Gasteiger partial charge is 0.247 e. The van der Waals surface area contributed by atoms with Gasteiger partial charge >= 0.3 is 0 Å². The largest absolute Gasteiger partial charge is 0.454 e. The average molecular weight is 638 g/mol. The summed E-state index contributed by atoms with van der Waals surface area (Å²) in [4.78, 5) is 0. The Bertz CT molecular complexity index is 2650. The maximum absolute atomic E-state index is 6.78. The standard InChI is InChI=1S/C44H36BNOS/c1-25-21-27(3)39(28(4)22-25)45(40-29(5)23-26(2)24-30(40)6)41-37(18-15-31-19-20-48-44(31)41)46-36-13-9-7-11-32(36)34-16-17-35-33-12-8-10-14-38(33)47-43(35)42(34)46/h7-24H,1-6H3. The van der Waals surface area contributed by atoms with E-state index in [-0.39, 0.29) is 6.71 Å². The molecule has 0 unspecified atom stereocenters. The number of fused-ring (bicyclic) bond motifs is 8. The molecule has 0 bridgehead atoms. The lowest BCUT2D eigenvalue weighted by molar-refractivity contribution is 0.671. The highest BCUT2D eigenvalue weighted by atomic mass is 32.1. The zero-order chi connectivity index (χ0) is 32.8. The van der Waals surface area contributed by atoms with Crippen LogP contribution in [0.5, 0.6) is 0 Å². The average Bonchev–Trinajstić information content (AvgIpc) is 3.77. The Morgan fingerprint density at radius 2 is 1.17 bits per heavy atom. The molecule has 48 heavy (non-hydrogen) atoms. The van der Waals surface area contributed by atoms with Gasteiger partial charge in [0.25, 0.3) is 0 Å². The van der Waals surface area contributed by atoms with Crippen molar-refractivity contribution in [3.05, 3.63) is 142 Å². The third-order valence-corrected chi connectivity index (χ3v) is 11.4. The molecule has 0 atom stereocenters. The molecule has 0 N–H and O–H groups in total. The number of thiophene rings is 1. The van der Waals surface area contributed by atoms with Crippen molar-refractivity contribution in [3.8, 4) is 5.69 Å². The molecule has 0 aliphatic rings. The van der Waals surface area contributed by atoms with E-state index in [1.807, 2.05) is 11.3 Å². The van der Waals surface area contributed by atoms with E-state index < -0.39 is 0 Å². The normalized spacial score (nSPS) is 12.0. The highest BCUT2D eigenvalue weighted by Crippen LogP contribution is 2.40. The number of hydrogen-bond donors (Lipinski definition) is 0. The highest BCUT2D eigenvalue weighted by Gasteiger charge is 2.34. The third-order valence-electron chi connectivity index (χ3n) is 10.4. The van der Waals surface area contributed by atoms with Crippen molar-refractivity contribution in [3.63, 3.8) is 0 Å². The van der Waals surface area contributed by atoms with Crippen molar-refractivity contribution in [2.24, 2.45) is 0 Å². The summed E-state index contributed by atoms with van der Waals surface area (Å²) in [5.41, 5.74) is 17.4. The van der Waals surface area contributed by atoms with E-state index in [0.717, 1.165) is 27.5 Å². The quantitative estimate of drug-likeness (QED) is 0.176. The second-order valence-corrected chi connectivity index (χ2v) is 14.6. The first-order chi connectivity index (χ1) is 23.3. The summed E-state index contributed by atoms with van der Waals surface area (Å²) in [6.07, 6.45) is 0. The molecule has 0 saturated carbocycles. The van der Waals surface area contributed by atoms with Gasteiger partial charge in [-0.1, -0.05) is 117 Å². The lowest BCUT2D eigenvalue weighted by atomic mass is 9.33. The zero-order valence-electron chi connectivity index (χ0n) is 28.2. The van der Waals surface area contributed by atoms with Crippen LogP contribution in [0.4, 0.5) is 0 Å². The van der Waals surface area contributed by atoms with Crippen molar-refractivity contribution in [1.29, 1.82) is 0 Å². The highest BCUT2D eigenvalue weighted by molar-refractivity contribution is 7.20. The third kappa shape index (κ3) is 4.18. The Morgan fingerprint density at radius 3 is 1.85 bits per heavy atom. The fourth-order valence-corrected chi connectivity index (χ4v) is 9.70. The molecule has 9 aromatic rings. The number of hydrogen-bond acceptors (Lipinski definition) is 2. The first-order valence-corrected chi connectivity index (χ1v) is 17.7. The van der Waals surface area contributed by atoms with Crippen molar-refractivity contribution < 1.29 is 4.42 Å². The lowest BCUT2D eigenvalue weighted by Gasteiger charge is -2.27. The van der Waals surface area contributed by atoms with E-state index in [0.29, 0.717) is 0 Å². The number of furan rings is 1. The number of aryl methyl sites for hydroxylation is 6. The molecule has 6 aromatic carbocycles. The monoisotopic (exact) mass is 637 g/mol. The molecule has 0 aliphatic carbocycles. The minimum atomic E-state index is 0.0228. The summed E-state index contributed by atoms with van der Waals surface area (Å²) in [6, 6.07) is 38.2. The minimum absolute atomic E-state index is 0.0228. The second kappa shape index (κ2) is 10.7. The van der Waals surface area contributed by atoms with Crippen LogP contribution in [0.2, 0.25) is 0 Å². The first-order valence-electron chi connectivity index (χ1n) is 16.8. The Morgan fingerprint density at radius 1 is 0.562 bits per heavy atom. The first kappa shape index (κ1) is 29.1. The van der Waals surface area contributed by atoms with Crippen LogP contribution in [-0.4, -0.2) is 11.3 Å². The van der Waals surface area contributed by atoms with Crippen LogP contribution >= 0.6 is 11.3 Å². The van der Waals surface area contributed by atoms with Crippen molar-refractivity contribution >= 4 is 88.3 Å². The van der Waals surface area contributed by atoms with E-state index in [2.05, 4.69) is 155 Å². The van der Waals surface area contributed by atoms with Gasteiger partial charge in [-0.15, -0.1) is 11.3 Å². The molecule has 2 nitrogen and oxygen atoms in total. The van der Waals surface area contributed by atoms with Crippen molar-refractivity contribution in [1.82, 2.24) is 4.57 Å². The van der Waals surface area contributed by atoms with Crippen LogP contribution < -0.4 is 16.4 Å². The molecule has 0 aliphatic heterocycles. The van der Waals surface area contributed by atoms with E-state index >= 15 is 0 Å². The van der Waals surface area contributed by atoms with Gasteiger partial charge < -0.3 is 8.98 Å². The van der Waals surface area contributed by atoms with Crippen LogP contribution in [0.1, 0.15) is 33.4 Å². The Kier molecular flexibility index (Phi) is 6.51. The molecule has 9 rings (SSSR count). The van der Waals surface area contributed by atoms with Crippen LogP contribution in [0.15, 0.2) is 113 Å². The number of aromatic nitrogens is 1. The number of rotatable bonds is 4. The number of benzene rings is 6. The van der Waals surface area contributed by atoms with E-state index in [1.165, 1.54) is 81.8 Å². The van der Waals surface area contributed by atoms with Gasteiger partial charge in [0.2, 0.25) is 6.71 Å². The van der Waals surface area contributed by atoms with Crippen LogP contribution in [0.3, 0.4) is 0 Å².